The molecule has 7 heteroatoms. The lowest BCUT2D eigenvalue weighted by atomic mass is 10.1. The highest BCUT2D eigenvalue weighted by Gasteiger charge is 2.17. The molecular weight excluding hydrogens is 258 g/mol. The van der Waals surface area contributed by atoms with Crippen molar-refractivity contribution in [1.29, 1.82) is 0 Å². The number of nitrogens with two attached hydrogens (primary N) is 1. The van der Waals surface area contributed by atoms with E-state index in [4.69, 9.17) is 15.0 Å². The number of nitrogens with zero attached hydrogens (tertiary/aromatic N) is 4. The minimum atomic E-state index is -0.418. The van der Waals surface area contributed by atoms with Gasteiger partial charge in [0.2, 0.25) is 0 Å². The fourth-order valence-electron chi connectivity index (χ4n) is 1.91. The van der Waals surface area contributed by atoms with E-state index in [0.29, 0.717) is 23.8 Å². The highest BCUT2D eigenvalue weighted by molar-refractivity contribution is 5.88. The van der Waals surface area contributed by atoms with Crippen LogP contribution in [-0.4, -0.2) is 33.8 Å². The van der Waals surface area contributed by atoms with E-state index in [0.717, 1.165) is 11.1 Å². The molecule has 2 aromatic heterocycles. The number of hydrogen-bond donors (Lipinski definition) is 1. The van der Waals surface area contributed by atoms with Crippen LogP contribution in [0.15, 0.2) is 35.1 Å². The van der Waals surface area contributed by atoms with Gasteiger partial charge in [-0.25, -0.2) is 0 Å². The van der Waals surface area contributed by atoms with E-state index in [1.54, 1.807) is 19.5 Å². The van der Waals surface area contributed by atoms with Crippen LogP contribution in [0.25, 0.3) is 22.5 Å². The van der Waals surface area contributed by atoms with Crippen molar-refractivity contribution in [3.05, 3.63) is 36.4 Å². The predicted molar refractivity (Wildman–Crippen MR) is 71.6 cm³/mol. The van der Waals surface area contributed by atoms with Gasteiger partial charge in [-0.2, -0.15) is 4.98 Å². The van der Waals surface area contributed by atoms with Gasteiger partial charge in [0, 0.05) is 19.5 Å². The highest BCUT2D eigenvalue weighted by Crippen LogP contribution is 2.25. The van der Waals surface area contributed by atoms with E-state index in [9.17, 15) is 0 Å². The fourth-order valence-corrected chi connectivity index (χ4v) is 1.91. The zero-order chi connectivity index (χ0) is 13.9. The molecule has 1 aromatic carbocycles. The van der Waals surface area contributed by atoms with E-state index in [1.165, 1.54) is 0 Å². The number of ether oxygens (including phenoxy) is 1. The van der Waals surface area contributed by atoms with E-state index < -0.39 is 6.04 Å². The van der Waals surface area contributed by atoms with Crippen LogP contribution in [0.3, 0.4) is 0 Å². The Morgan fingerprint density at radius 1 is 1.30 bits per heavy atom. The van der Waals surface area contributed by atoms with Gasteiger partial charge < -0.3 is 15.0 Å². The Balaban J connectivity index is 2.03. The lowest BCUT2D eigenvalue weighted by Gasteiger charge is -2.03. The van der Waals surface area contributed by atoms with Crippen molar-refractivity contribution in [3.8, 4) is 11.5 Å². The van der Waals surface area contributed by atoms with Crippen LogP contribution in [0.5, 0.6) is 0 Å². The molecule has 1 unspecified atom stereocenters. The molecule has 0 saturated carbocycles. The molecule has 0 aliphatic carbocycles. The second-order valence-corrected chi connectivity index (χ2v) is 4.25. The van der Waals surface area contributed by atoms with Crippen molar-refractivity contribution in [1.82, 2.24) is 20.1 Å². The minimum absolute atomic E-state index is 0.328. The molecule has 3 rings (SSSR count). The predicted octanol–water partition coefficient (Wildman–Crippen LogP) is 1.33. The Bertz CT molecular complexity index is 722. The summed E-state index contributed by atoms with van der Waals surface area (Å²) in [6, 6.07) is 5.18. The Hall–Kier alpha value is -2.38. The molecule has 1 atom stereocenters. The van der Waals surface area contributed by atoms with Gasteiger partial charge in [0.05, 0.1) is 23.7 Å². The number of aromatic nitrogens is 4. The first-order valence-electron chi connectivity index (χ1n) is 6.08. The lowest BCUT2D eigenvalue weighted by Crippen LogP contribution is -2.17. The van der Waals surface area contributed by atoms with Crippen molar-refractivity contribution < 1.29 is 9.26 Å². The molecule has 0 aliphatic heterocycles. The van der Waals surface area contributed by atoms with Crippen LogP contribution in [0.1, 0.15) is 11.9 Å². The van der Waals surface area contributed by atoms with E-state index >= 15 is 0 Å². The molecule has 0 fully saturated rings. The van der Waals surface area contributed by atoms with Gasteiger partial charge in [-0.05, 0) is 12.1 Å². The highest BCUT2D eigenvalue weighted by atomic mass is 16.5. The maximum Gasteiger partial charge on any atom is 0.260 e. The zero-order valence-electron chi connectivity index (χ0n) is 10.9. The second kappa shape index (κ2) is 5.32. The van der Waals surface area contributed by atoms with Crippen LogP contribution in [0.4, 0.5) is 0 Å². The third-order valence-corrected chi connectivity index (χ3v) is 2.85. The number of para-hydroxylation sites is 1. The molecule has 3 aromatic rings. The Kier molecular flexibility index (Phi) is 3.36. The summed E-state index contributed by atoms with van der Waals surface area (Å²) in [7, 11) is 1.57. The average molecular weight is 271 g/mol. The molecule has 102 valence electrons. The van der Waals surface area contributed by atoms with Crippen LogP contribution in [0.2, 0.25) is 0 Å². The molecule has 20 heavy (non-hydrogen) atoms. The Morgan fingerprint density at radius 2 is 2.15 bits per heavy atom. The summed E-state index contributed by atoms with van der Waals surface area (Å²) in [5.74, 6) is 0.778. The zero-order valence-corrected chi connectivity index (χ0v) is 10.9. The summed E-state index contributed by atoms with van der Waals surface area (Å²) in [4.78, 5) is 12.8. The number of benzene rings is 1. The number of hydrogen-bond acceptors (Lipinski definition) is 7. The molecule has 0 saturated heterocycles. The molecule has 7 nitrogen and oxygen atoms in total. The van der Waals surface area contributed by atoms with Gasteiger partial charge in [0.15, 0.2) is 5.82 Å². The van der Waals surface area contributed by atoms with Gasteiger partial charge in [0.25, 0.3) is 5.89 Å². The largest absolute Gasteiger partial charge is 0.383 e. The summed E-state index contributed by atoms with van der Waals surface area (Å²) < 4.78 is 10.2. The Morgan fingerprint density at radius 3 is 3.00 bits per heavy atom. The fraction of sp³-hybridized carbons (Fsp3) is 0.231. The summed E-state index contributed by atoms with van der Waals surface area (Å²) in [6.07, 6.45) is 3.26. The van der Waals surface area contributed by atoms with Crippen molar-refractivity contribution in [2.24, 2.45) is 5.73 Å². The molecule has 2 heterocycles. The summed E-state index contributed by atoms with van der Waals surface area (Å²) in [5.41, 5.74) is 8.09. The first-order chi connectivity index (χ1) is 9.79. The maximum absolute atomic E-state index is 5.87. The number of methoxy groups -OCH3 is 1. The van der Waals surface area contributed by atoms with E-state index in [2.05, 4.69) is 20.1 Å². The van der Waals surface area contributed by atoms with Gasteiger partial charge >= 0.3 is 0 Å². The van der Waals surface area contributed by atoms with Gasteiger partial charge in [-0.3, -0.25) is 9.97 Å². The van der Waals surface area contributed by atoms with Crippen molar-refractivity contribution in [2.75, 3.05) is 13.7 Å². The molecule has 0 spiro atoms. The Labute approximate surface area is 114 Å². The van der Waals surface area contributed by atoms with Gasteiger partial charge in [-0.15, -0.1) is 0 Å². The van der Waals surface area contributed by atoms with E-state index in [1.807, 2.05) is 18.2 Å². The standard InChI is InChI=1S/C13H13N5O2/c1-19-7-9(14)12-17-13(20-18-12)8-3-2-4-10-11(8)16-6-5-15-10/h2-6,9H,7,14H2,1H3. The van der Waals surface area contributed by atoms with Crippen molar-refractivity contribution >= 4 is 11.0 Å². The van der Waals surface area contributed by atoms with Crippen LogP contribution < -0.4 is 5.73 Å². The van der Waals surface area contributed by atoms with E-state index in [-0.39, 0.29) is 0 Å². The quantitative estimate of drug-likeness (QED) is 0.763. The summed E-state index contributed by atoms with van der Waals surface area (Å²) >= 11 is 0. The normalized spacial score (nSPS) is 12.7. The number of fused-ring (bicyclic) bond motifs is 1. The van der Waals surface area contributed by atoms with Crippen LogP contribution in [0, 0.1) is 0 Å². The average Bonchev–Trinajstić information content (AvgIpc) is 2.97. The molecule has 0 bridgehead atoms. The second-order valence-electron chi connectivity index (χ2n) is 4.25. The smallest absolute Gasteiger partial charge is 0.260 e. The molecule has 2 N–H and O–H groups in total. The monoisotopic (exact) mass is 271 g/mol. The van der Waals surface area contributed by atoms with Crippen molar-refractivity contribution in [3.63, 3.8) is 0 Å². The lowest BCUT2D eigenvalue weighted by molar-refractivity contribution is 0.177. The van der Waals surface area contributed by atoms with Crippen LogP contribution >= 0.6 is 0 Å². The van der Waals surface area contributed by atoms with Gasteiger partial charge in [0.1, 0.15) is 5.52 Å². The third kappa shape index (κ3) is 2.24. The molecule has 0 amide bonds. The number of rotatable bonds is 4. The SMILES string of the molecule is COCC(N)c1noc(-c2cccc3nccnc23)n1. The van der Waals surface area contributed by atoms with Gasteiger partial charge in [-0.1, -0.05) is 11.2 Å². The first kappa shape index (κ1) is 12.6. The molecular formula is C13H13N5O2. The first-order valence-corrected chi connectivity index (χ1v) is 6.08. The third-order valence-electron chi connectivity index (χ3n) is 2.85. The van der Waals surface area contributed by atoms with Crippen molar-refractivity contribution in [2.45, 2.75) is 6.04 Å². The molecule has 0 aliphatic rings. The van der Waals surface area contributed by atoms with Crippen LogP contribution in [-0.2, 0) is 4.74 Å². The summed E-state index contributed by atoms with van der Waals surface area (Å²) in [6.45, 7) is 0.328. The minimum Gasteiger partial charge on any atom is -0.383 e. The maximum atomic E-state index is 5.87. The molecule has 0 radical (unpaired) electrons. The topological polar surface area (TPSA) is 100.0 Å². The summed E-state index contributed by atoms with van der Waals surface area (Å²) in [5, 5.41) is 3.88.